The molecule has 2 aliphatic heterocycles. The first-order valence-electron chi connectivity index (χ1n) is 11.2. The molecule has 2 aliphatic carbocycles. The highest BCUT2D eigenvalue weighted by Crippen LogP contribution is 2.68. The van der Waals surface area contributed by atoms with Crippen LogP contribution in [0.2, 0.25) is 0 Å². The van der Waals surface area contributed by atoms with E-state index in [0.29, 0.717) is 43.1 Å². The second-order valence-electron chi connectivity index (χ2n) is 9.94. The molecule has 0 amide bonds. The summed E-state index contributed by atoms with van der Waals surface area (Å²) in [4.78, 5) is 12.1. The Labute approximate surface area is 183 Å². The van der Waals surface area contributed by atoms with Gasteiger partial charge in [0.25, 0.3) is 0 Å². The Morgan fingerprint density at radius 1 is 1.10 bits per heavy atom. The molecule has 0 unspecified atom stereocenters. The normalized spacial score (nSPS) is 37.9. The second-order valence-corrected chi connectivity index (χ2v) is 9.94. The molecular formula is C24H32O7. The summed E-state index contributed by atoms with van der Waals surface area (Å²) >= 11 is 0. The van der Waals surface area contributed by atoms with E-state index >= 15 is 0 Å². The molecule has 1 aromatic rings. The summed E-state index contributed by atoms with van der Waals surface area (Å²) in [5.74, 6) is -1.19. The molecule has 1 N–H and O–H groups in total. The van der Waals surface area contributed by atoms with Gasteiger partial charge in [0, 0.05) is 29.2 Å². The van der Waals surface area contributed by atoms with Crippen molar-refractivity contribution in [3.63, 3.8) is 0 Å². The number of ether oxygens (including phenoxy) is 5. The van der Waals surface area contributed by atoms with Crippen molar-refractivity contribution in [2.45, 2.75) is 63.9 Å². The van der Waals surface area contributed by atoms with Gasteiger partial charge in [-0.1, -0.05) is 13.8 Å². The molecule has 7 nitrogen and oxygen atoms in total. The maximum absolute atomic E-state index is 12.1. The second kappa shape index (κ2) is 6.83. The molecule has 2 heterocycles. The number of hydrogen-bond donors (Lipinski definition) is 1. The molecule has 170 valence electrons. The lowest BCUT2D eigenvalue weighted by Crippen LogP contribution is -2.70. The summed E-state index contributed by atoms with van der Waals surface area (Å²) in [6.07, 6.45) is 4.64. The molecule has 1 spiro atoms. The van der Waals surface area contributed by atoms with Gasteiger partial charge in [-0.15, -0.1) is 0 Å². The number of fused-ring (bicyclic) bond motifs is 5. The van der Waals surface area contributed by atoms with E-state index in [4.69, 9.17) is 23.7 Å². The average molecular weight is 433 g/mol. The number of aliphatic hydroxyl groups is 1. The minimum absolute atomic E-state index is 0.142. The molecule has 4 aliphatic rings. The first kappa shape index (κ1) is 21.0. The van der Waals surface area contributed by atoms with Crippen LogP contribution in [-0.4, -0.2) is 50.1 Å². The Bertz CT molecular complexity index is 907. The Balaban J connectivity index is 1.61. The minimum Gasteiger partial charge on any atom is -0.496 e. The van der Waals surface area contributed by atoms with Gasteiger partial charge in [0.05, 0.1) is 33.0 Å². The van der Waals surface area contributed by atoms with E-state index in [-0.39, 0.29) is 11.3 Å². The molecule has 1 saturated heterocycles. The summed E-state index contributed by atoms with van der Waals surface area (Å²) in [7, 11) is 2.92. The van der Waals surface area contributed by atoms with Crippen molar-refractivity contribution < 1.29 is 33.6 Å². The Morgan fingerprint density at radius 3 is 2.52 bits per heavy atom. The highest BCUT2D eigenvalue weighted by Gasteiger charge is 2.71. The number of benzene rings is 1. The molecule has 7 heteroatoms. The maximum Gasteiger partial charge on any atom is 0.338 e. The first-order valence-corrected chi connectivity index (χ1v) is 11.2. The zero-order valence-electron chi connectivity index (χ0n) is 18.8. The van der Waals surface area contributed by atoms with Crippen molar-refractivity contribution in [2.24, 2.45) is 16.7 Å². The van der Waals surface area contributed by atoms with Gasteiger partial charge in [-0.05, 0) is 43.7 Å². The van der Waals surface area contributed by atoms with Crippen molar-refractivity contribution in [2.75, 3.05) is 27.4 Å². The van der Waals surface area contributed by atoms with Crippen LogP contribution in [0.3, 0.4) is 0 Å². The Kier molecular flexibility index (Phi) is 4.64. The lowest BCUT2D eigenvalue weighted by atomic mass is 9.45. The molecule has 5 rings (SSSR count). The Hall–Kier alpha value is -1.83. The number of methoxy groups -OCH3 is 2. The molecule has 4 atom stereocenters. The van der Waals surface area contributed by atoms with E-state index in [1.807, 2.05) is 0 Å². The van der Waals surface area contributed by atoms with Crippen molar-refractivity contribution in [3.05, 3.63) is 23.3 Å². The van der Waals surface area contributed by atoms with Crippen LogP contribution in [0.1, 0.15) is 61.9 Å². The largest absolute Gasteiger partial charge is 0.496 e. The summed E-state index contributed by atoms with van der Waals surface area (Å²) in [5, 5.41) is 11.9. The number of esters is 1. The van der Waals surface area contributed by atoms with Gasteiger partial charge in [0.2, 0.25) is 5.79 Å². The molecule has 0 radical (unpaired) electrons. The first-order chi connectivity index (χ1) is 14.7. The molecule has 1 aromatic carbocycles. The van der Waals surface area contributed by atoms with Crippen LogP contribution >= 0.6 is 0 Å². The van der Waals surface area contributed by atoms with Gasteiger partial charge in [-0.3, -0.25) is 0 Å². The summed E-state index contributed by atoms with van der Waals surface area (Å²) < 4.78 is 29.4. The number of rotatable bonds is 2. The number of carbonyl (C=O) groups excluding carboxylic acids is 1. The van der Waals surface area contributed by atoms with E-state index in [1.54, 1.807) is 19.2 Å². The summed E-state index contributed by atoms with van der Waals surface area (Å²) in [6, 6.07) is 3.34. The zero-order chi connectivity index (χ0) is 22.1. The molecule has 2 saturated carbocycles. The van der Waals surface area contributed by atoms with Gasteiger partial charge in [0.1, 0.15) is 11.5 Å². The fourth-order valence-electron chi connectivity index (χ4n) is 6.99. The predicted molar refractivity (Wildman–Crippen MR) is 111 cm³/mol. The van der Waals surface area contributed by atoms with Crippen LogP contribution < -0.4 is 9.47 Å². The van der Waals surface area contributed by atoms with Gasteiger partial charge >= 0.3 is 5.97 Å². The van der Waals surface area contributed by atoms with Crippen molar-refractivity contribution >= 4 is 5.97 Å². The highest BCUT2D eigenvalue weighted by atomic mass is 16.7. The SMILES string of the molecule is COC(=O)c1cc(OC)c2c(c1)O[C@]1(O)CC[C@@]3(C)[C@@H](CCCC34OCCO4)[C@]1(C)C2. The monoisotopic (exact) mass is 432 g/mol. The third kappa shape index (κ3) is 2.66. The topological polar surface area (TPSA) is 83.5 Å². The van der Waals surface area contributed by atoms with Crippen LogP contribution in [0.4, 0.5) is 0 Å². The van der Waals surface area contributed by atoms with Crippen LogP contribution in [0.15, 0.2) is 12.1 Å². The predicted octanol–water partition coefficient (Wildman–Crippen LogP) is 3.45. The van der Waals surface area contributed by atoms with Crippen LogP contribution in [0, 0.1) is 16.7 Å². The Morgan fingerprint density at radius 2 is 1.84 bits per heavy atom. The lowest BCUT2D eigenvalue weighted by Gasteiger charge is -2.65. The summed E-state index contributed by atoms with van der Waals surface area (Å²) in [6.45, 7) is 5.62. The molecule has 0 aromatic heterocycles. The maximum atomic E-state index is 12.1. The van der Waals surface area contributed by atoms with Crippen LogP contribution in [0.25, 0.3) is 0 Å². The zero-order valence-corrected chi connectivity index (χ0v) is 18.8. The van der Waals surface area contributed by atoms with E-state index in [0.717, 1.165) is 31.2 Å². The average Bonchev–Trinajstić information content (AvgIpc) is 3.23. The van der Waals surface area contributed by atoms with Crippen molar-refractivity contribution in [3.8, 4) is 11.5 Å². The third-order valence-electron chi connectivity index (χ3n) is 8.67. The molecule has 31 heavy (non-hydrogen) atoms. The fourth-order valence-corrected chi connectivity index (χ4v) is 6.99. The fraction of sp³-hybridized carbons (Fsp3) is 0.708. The van der Waals surface area contributed by atoms with E-state index < -0.39 is 23.0 Å². The van der Waals surface area contributed by atoms with E-state index in [9.17, 15) is 9.90 Å². The number of hydrogen-bond acceptors (Lipinski definition) is 7. The molecule has 3 fully saturated rings. The van der Waals surface area contributed by atoms with Gasteiger partial charge < -0.3 is 28.8 Å². The van der Waals surface area contributed by atoms with Gasteiger partial charge in [-0.2, -0.15) is 0 Å². The van der Waals surface area contributed by atoms with Crippen molar-refractivity contribution in [1.29, 1.82) is 0 Å². The van der Waals surface area contributed by atoms with E-state index in [2.05, 4.69) is 13.8 Å². The molecule has 0 bridgehead atoms. The number of carbonyl (C=O) groups is 1. The lowest BCUT2D eigenvalue weighted by molar-refractivity contribution is -0.349. The van der Waals surface area contributed by atoms with Crippen molar-refractivity contribution in [1.82, 2.24) is 0 Å². The van der Waals surface area contributed by atoms with E-state index in [1.165, 1.54) is 7.11 Å². The standard InChI is InChI=1S/C24H32O7/c1-21-8-9-23(26)22(2,19(21)6-5-7-24(21)29-10-11-30-24)14-16-17(27-3)12-15(20(25)28-4)13-18(16)31-23/h12-13,19,26H,5-11,14H2,1-4H3/t19-,21+,22+,23-/m1/s1. The quantitative estimate of drug-likeness (QED) is 0.717. The summed E-state index contributed by atoms with van der Waals surface area (Å²) in [5.41, 5.74) is 0.438. The van der Waals surface area contributed by atoms with Crippen LogP contribution in [0.5, 0.6) is 11.5 Å². The van der Waals surface area contributed by atoms with Crippen LogP contribution in [-0.2, 0) is 20.6 Å². The third-order valence-corrected chi connectivity index (χ3v) is 8.67. The highest BCUT2D eigenvalue weighted by molar-refractivity contribution is 5.90. The smallest absolute Gasteiger partial charge is 0.338 e. The van der Waals surface area contributed by atoms with Gasteiger partial charge in [0.15, 0.2) is 5.79 Å². The molecular weight excluding hydrogens is 400 g/mol. The van der Waals surface area contributed by atoms with Gasteiger partial charge in [-0.25, -0.2) is 4.79 Å². The minimum atomic E-state index is -1.35.